The molecule has 2 N–H and O–H groups in total. The molecule has 0 atom stereocenters. The number of ether oxygens (including phenoxy) is 1. The SMILES string of the molecule is C=CCCCCCCCOC(N)=O. The summed E-state index contributed by atoms with van der Waals surface area (Å²) in [5.74, 6) is 0. The minimum Gasteiger partial charge on any atom is -0.450 e. The Balaban J connectivity index is 2.91. The molecule has 0 heterocycles. The molecule has 0 aliphatic heterocycles. The van der Waals surface area contributed by atoms with Crippen molar-refractivity contribution in [3.63, 3.8) is 0 Å². The Hall–Kier alpha value is -0.990. The first-order valence-corrected chi connectivity index (χ1v) is 4.80. The average Bonchev–Trinajstić information content (AvgIpc) is 2.09. The Labute approximate surface area is 79.9 Å². The van der Waals surface area contributed by atoms with Crippen LogP contribution in [0.25, 0.3) is 0 Å². The number of nitrogens with two attached hydrogens (primary N) is 1. The van der Waals surface area contributed by atoms with Gasteiger partial charge < -0.3 is 10.5 Å². The Bertz CT molecular complexity index is 146. The van der Waals surface area contributed by atoms with Gasteiger partial charge in [-0.25, -0.2) is 4.79 Å². The van der Waals surface area contributed by atoms with Crippen LogP contribution in [0.5, 0.6) is 0 Å². The number of amides is 1. The van der Waals surface area contributed by atoms with Gasteiger partial charge in [-0.3, -0.25) is 0 Å². The molecule has 0 saturated carbocycles. The molecule has 0 spiro atoms. The van der Waals surface area contributed by atoms with Gasteiger partial charge >= 0.3 is 6.09 Å². The van der Waals surface area contributed by atoms with Gasteiger partial charge in [0.25, 0.3) is 0 Å². The lowest BCUT2D eigenvalue weighted by molar-refractivity contribution is 0.154. The van der Waals surface area contributed by atoms with Crippen molar-refractivity contribution in [3.05, 3.63) is 12.7 Å². The Kier molecular flexibility index (Phi) is 8.41. The van der Waals surface area contributed by atoms with Crippen molar-refractivity contribution >= 4 is 6.09 Å². The number of hydrogen-bond donors (Lipinski definition) is 1. The lowest BCUT2D eigenvalue weighted by Crippen LogP contribution is -2.13. The summed E-state index contributed by atoms with van der Waals surface area (Å²) >= 11 is 0. The van der Waals surface area contributed by atoms with E-state index in [1.165, 1.54) is 19.3 Å². The number of hydrogen-bond acceptors (Lipinski definition) is 2. The number of carbonyl (C=O) groups excluding carboxylic acids is 1. The number of allylic oxidation sites excluding steroid dienone is 1. The second-order valence-electron chi connectivity index (χ2n) is 3.01. The third-order valence-electron chi connectivity index (χ3n) is 1.80. The maximum atomic E-state index is 10.2. The molecule has 0 rings (SSSR count). The topological polar surface area (TPSA) is 52.3 Å². The van der Waals surface area contributed by atoms with Gasteiger partial charge in [0.1, 0.15) is 0 Å². The molecular formula is C10H19NO2. The van der Waals surface area contributed by atoms with Crippen molar-refractivity contribution in [1.29, 1.82) is 0 Å². The highest BCUT2D eigenvalue weighted by molar-refractivity contribution is 5.64. The fourth-order valence-electron chi connectivity index (χ4n) is 1.09. The molecule has 3 heteroatoms. The zero-order chi connectivity index (χ0) is 9.94. The van der Waals surface area contributed by atoms with Crippen molar-refractivity contribution in [2.75, 3.05) is 6.61 Å². The number of unbranched alkanes of at least 4 members (excludes halogenated alkanes) is 5. The lowest BCUT2D eigenvalue weighted by Gasteiger charge is -2.00. The van der Waals surface area contributed by atoms with Gasteiger partial charge in [0.2, 0.25) is 0 Å². The van der Waals surface area contributed by atoms with Crippen molar-refractivity contribution in [2.24, 2.45) is 5.73 Å². The summed E-state index contributed by atoms with van der Waals surface area (Å²) in [6.45, 7) is 4.11. The van der Waals surface area contributed by atoms with Gasteiger partial charge in [-0.05, 0) is 19.3 Å². The second kappa shape index (κ2) is 9.10. The quantitative estimate of drug-likeness (QED) is 0.467. The predicted molar refractivity (Wildman–Crippen MR) is 53.4 cm³/mol. The van der Waals surface area contributed by atoms with Crippen LogP contribution in [0.3, 0.4) is 0 Å². The highest BCUT2D eigenvalue weighted by Gasteiger charge is 1.93. The van der Waals surface area contributed by atoms with E-state index in [9.17, 15) is 4.79 Å². The van der Waals surface area contributed by atoms with E-state index in [1.807, 2.05) is 6.08 Å². The molecule has 3 nitrogen and oxygen atoms in total. The molecular weight excluding hydrogens is 166 g/mol. The largest absolute Gasteiger partial charge is 0.450 e. The van der Waals surface area contributed by atoms with Crippen LogP contribution in [0.2, 0.25) is 0 Å². The fraction of sp³-hybridized carbons (Fsp3) is 0.700. The highest BCUT2D eigenvalue weighted by Crippen LogP contribution is 2.05. The zero-order valence-electron chi connectivity index (χ0n) is 8.13. The predicted octanol–water partition coefficient (Wildman–Crippen LogP) is 2.61. The standard InChI is InChI=1S/C10H19NO2/c1-2-3-4-5-6-7-8-9-13-10(11)12/h2H,1,3-9H2,(H2,11,12). The van der Waals surface area contributed by atoms with Gasteiger partial charge in [0.15, 0.2) is 0 Å². The third-order valence-corrected chi connectivity index (χ3v) is 1.80. The molecule has 0 saturated heterocycles. The van der Waals surface area contributed by atoms with Crippen LogP contribution in [0, 0.1) is 0 Å². The number of primary amides is 1. The Morgan fingerprint density at radius 1 is 1.23 bits per heavy atom. The first kappa shape index (κ1) is 12.0. The van der Waals surface area contributed by atoms with E-state index < -0.39 is 6.09 Å². The summed E-state index contributed by atoms with van der Waals surface area (Å²) in [7, 11) is 0. The molecule has 0 aromatic carbocycles. The number of carbonyl (C=O) groups is 1. The maximum Gasteiger partial charge on any atom is 0.404 e. The minimum atomic E-state index is -0.674. The molecule has 0 fully saturated rings. The van der Waals surface area contributed by atoms with Crippen molar-refractivity contribution in [1.82, 2.24) is 0 Å². The van der Waals surface area contributed by atoms with E-state index in [1.54, 1.807) is 0 Å². The summed E-state index contributed by atoms with van der Waals surface area (Å²) in [4.78, 5) is 10.2. The smallest absolute Gasteiger partial charge is 0.404 e. The van der Waals surface area contributed by atoms with Crippen molar-refractivity contribution < 1.29 is 9.53 Å². The van der Waals surface area contributed by atoms with Crippen LogP contribution in [0.15, 0.2) is 12.7 Å². The molecule has 0 aliphatic rings. The third kappa shape index (κ3) is 11.0. The molecule has 0 aromatic rings. The Morgan fingerprint density at radius 3 is 2.46 bits per heavy atom. The summed E-state index contributed by atoms with van der Waals surface area (Å²) in [6.07, 6.45) is 8.00. The van der Waals surface area contributed by atoms with Crippen LogP contribution in [-0.4, -0.2) is 12.7 Å². The first-order valence-electron chi connectivity index (χ1n) is 4.80. The molecule has 0 aromatic heterocycles. The molecule has 0 aliphatic carbocycles. The van der Waals surface area contributed by atoms with E-state index in [0.29, 0.717) is 6.61 Å². The average molecular weight is 185 g/mol. The van der Waals surface area contributed by atoms with Crippen LogP contribution < -0.4 is 5.73 Å². The monoisotopic (exact) mass is 185 g/mol. The van der Waals surface area contributed by atoms with Crippen LogP contribution in [-0.2, 0) is 4.74 Å². The summed E-state index contributed by atoms with van der Waals surface area (Å²) in [6, 6.07) is 0. The van der Waals surface area contributed by atoms with Crippen molar-refractivity contribution in [2.45, 2.75) is 38.5 Å². The van der Waals surface area contributed by atoms with Crippen LogP contribution in [0.1, 0.15) is 38.5 Å². The second-order valence-corrected chi connectivity index (χ2v) is 3.01. The van der Waals surface area contributed by atoms with Gasteiger partial charge in [0.05, 0.1) is 6.61 Å². The van der Waals surface area contributed by atoms with Crippen LogP contribution in [0.4, 0.5) is 4.79 Å². The van der Waals surface area contributed by atoms with Gasteiger partial charge in [-0.2, -0.15) is 0 Å². The van der Waals surface area contributed by atoms with E-state index in [2.05, 4.69) is 11.3 Å². The molecule has 1 amide bonds. The molecule has 0 bridgehead atoms. The fourth-order valence-corrected chi connectivity index (χ4v) is 1.09. The zero-order valence-corrected chi connectivity index (χ0v) is 8.13. The van der Waals surface area contributed by atoms with Crippen molar-refractivity contribution in [3.8, 4) is 0 Å². The van der Waals surface area contributed by atoms with E-state index in [0.717, 1.165) is 19.3 Å². The van der Waals surface area contributed by atoms with Crippen LogP contribution >= 0.6 is 0 Å². The highest BCUT2D eigenvalue weighted by atomic mass is 16.5. The van der Waals surface area contributed by atoms with Gasteiger partial charge in [-0.15, -0.1) is 6.58 Å². The lowest BCUT2D eigenvalue weighted by atomic mass is 10.1. The molecule has 0 radical (unpaired) electrons. The first-order chi connectivity index (χ1) is 6.27. The summed E-state index contributed by atoms with van der Waals surface area (Å²) < 4.78 is 4.59. The van der Waals surface area contributed by atoms with E-state index in [-0.39, 0.29) is 0 Å². The molecule has 13 heavy (non-hydrogen) atoms. The maximum absolute atomic E-state index is 10.2. The van der Waals surface area contributed by atoms with Gasteiger partial charge in [-0.1, -0.05) is 25.3 Å². The molecule has 0 unspecified atom stereocenters. The number of rotatable bonds is 8. The van der Waals surface area contributed by atoms with Gasteiger partial charge in [0, 0.05) is 0 Å². The normalized spacial score (nSPS) is 9.54. The summed E-state index contributed by atoms with van der Waals surface area (Å²) in [5, 5.41) is 0. The van der Waals surface area contributed by atoms with E-state index >= 15 is 0 Å². The minimum absolute atomic E-state index is 0.455. The van der Waals surface area contributed by atoms with E-state index in [4.69, 9.17) is 5.73 Å². The molecule has 76 valence electrons. The summed E-state index contributed by atoms with van der Waals surface area (Å²) in [5.41, 5.74) is 4.80. The Morgan fingerprint density at radius 2 is 1.85 bits per heavy atom.